The summed E-state index contributed by atoms with van der Waals surface area (Å²) in [7, 11) is 0. The lowest BCUT2D eigenvalue weighted by atomic mass is 10.1. The molecular formula is C12H17N3. The minimum atomic E-state index is 0.378. The number of hydrogen-bond acceptors (Lipinski definition) is 2. The summed E-state index contributed by atoms with van der Waals surface area (Å²) in [5, 5.41) is 4.70. The summed E-state index contributed by atoms with van der Waals surface area (Å²) in [6.45, 7) is 5.41. The van der Waals surface area contributed by atoms with Gasteiger partial charge < -0.3 is 10.3 Å². The first-order valence-corrected chi connectivity index (χ1v) is 5.48. The number of nitrogens with one attached hydrogen (secondary N) is 2. The third kappa shape index (κ3) is 2.02. The molecule has 0 aliphatic heterocycles. The Morgan fingerprint density at radius 3 is 3.20 bits per heavy atom. The predicted molar refractivity (Wildman–Crippen MR) is 62.8 cm³/mol. The van der Waals surface area contributed by atoms with Crippen LogP contribution in [0.1, 0.15) is 31.9 Å². The van der Waals surface area contributed by atoms with Crippen LogP contribution in [-0.4, -0.2) is 16.5 Å². The van der Waals surface area contributed by atoms with Crippen molar-refractivity contribution in [2.75, 3.05) is 6.54 Å². The molecule has 0 spiro atoms. The summed E-state index contributed by atoms with van der Waals surface area (Å²) in [5.41, 5.74) is 2.27. The molecule has 2 heterocycles. The normalized spacial score (nSPS) is 13.2. The van der Waals surface area contributed by atoms with Crippen molar-refractivity contribution >= 4 is 11.0 Å². The van der Waals surface area contributed by atoms with Crippen molar-refractivity contribution in [3.63, 3.8) is 0 Å². The average molecular weight is 203 g/mol. The molecule has 3 heteroatoms. The van der Waals surface area contributed by atoms with E-state index in [4.69, 9.17) is 0 Å². The van der Waals surface area contributed by atoms with Crippen molar-refractivity contribution in [1.82, 2.24) is 15.3 Å². The highest BCUT2D eigenvalue weighted by molar-refractivity contribution is 5.79. The maximum Gasteiger partial charge on any atom is 0.137 e. The minimum absolute atomic E-state index is 0.378. The maximum atomic E-state index is 4.28. The Bertz CT molecular complexity index is 433. The molecule has 2 aromatic rings. The average Bonchev–Trinajstić information content (AvgIpc) is 2.69. The van der Waals surface area contributed by atoms with E-state index in [1.807, 2.05) is 18.5 Å². The molecule has 0 saturated carbocycles. The smallest absolute Gasteiger partial charge is 0.137 e. The summed E-state index contributed by atoms with van der Waals surface area (Å²) < 4.78 is 0. The number of pyridine rings is 1. The van der Waals surface area contributed by atoms with Gasteiger partial charge in [0.15, 0.2) is 0 Å². The molecule has 2 rings (SSSR count). The van der Waals surface area contributed by atoms with Crippen LogP contribution in [0, 0.1) is 0 Å². The second-order valence-corrected chi connectivity index (χ2v) is 3.82. The van der Waals surface area contributed by atoms with Gasteiger partial charge in [-0.3, -0.25) is 0 Å². The lowest BCUT2D eigenvalue weighted by Crippen LogP contribution is -2.18. The van der Waals surface area contributed by atoms with Gasteiger partial charge in [-0.15, -0.1) is 0 Å². The molecule has 1 unspecified atom stereocenters. The third-order valence-corrected chi connectivity index (χ3v) is 2.65. The highest BCUT2D eigenvalue weighted by atomic mass is 14.9. The zero-order valence-corrected chi connectivity index (χ0v) is 9.25. The summed E-state index contributed by atoms with van der Waals surface area (Å²) in [6, 6.07) is 4.47. The van der Waals surface area contributed by atoms with Gasteiger partial charge in [-0.25, -0.2) is 4.98 Å². The lowest BCUT2D eigenvalue weighted by Gasteiger charge is -2.11. The summed E-state index contributed by atoms with van der Waals surface area (Å²) in [5.74, 6) is 0. The van der Waals surface area contributed by atoms with Crippen LogP contribution in [0.4, 0.5) is 0 Å². The molecule has 2 aromatic heterocycles. The van der Waals surface area contributed by atoms with Gasteiger partial charge in [-0.2, -0.15) is 0 Å². The molecule has 15 heavy (non-hydrogen) atoms. The topological polar surface area (TPSA) is 40.7 Å². The van der Waals surface area contributed by atoms with E-state index < -0.39 is 0 Å². The van der Waals surface area contributed by atoms with Crippen LogP contribution in [-0.2, 0) is 0 Å². The van der Waals surface area contributed by atoms with Crippen LogP contribution in [0.5, 0.6) is 0 Å². The summed E-state index contributed by atoms with van der Waals surface area (Å²) in [4.78, 5) is 7.48. The first kappa shape index (κ1) is 10.2. The molecule has 0 fully saturated rings. The molecule has 0 aromatic carbocycles. The highest BCUT2D eigenvalue weighted by Crippen LogP contribution is 2.21. The van der Waals surface area contributed by atoms with E-state index in [9.17, 15) is 0 Å². The zero-order valence-electron chi connectivity index (χ0n) is 9.25. The molecule has 0 saturated heterocycles. The molecule has 3 nitrogen and oxygen atoms in total. The number of aromatic amines is 1. The van der Waals surface area contributed by atoms with Gasteiger partial charge in [0.1, 0.15) is 5.65 Å². The highest BCUT2D eigenvalue weighted by Gasteiger charge is 2.09. The molecule has 0 aliphatic carbocycles. The van der Waals surface area contributed by atoms with Crippen LogP contribution in [0.3, 0.4) is 0 Å². The van der Waals surface area contributed by atoms with Crippen molar-refractivity contribution < 1.29 is 0 Å². The van der Waals surface area contributed by atoms with Crippen LogP contribution in [0.2, 0.25) is 0 Å². The molecule has 0 bridgehead atoms. The van der Waals surface area contributed by atoms with Crippen molar-refractivity contribution in [3.8, 4) is 0 Å². The zero-order chi connectivity index (χ0) is 10.7. The summed E-state index contributed by atoms with van der Waals surface area (Å²) >= 11 is 0. The standard InChI is InChI=1S/C12H17N3/c1-3-6-13-9(2)11-8-15-12-10(11)5-4-7-14-12/h4-5,7-9,13H,3,6H2,1-2H3,(H,14,15). The van der Waals surface area contributed by atoms with Gasteiger partial charge in [-0.1, -0.05) is 6.92 Å². The largest absolute Gasteiger partial charge is 0.346 e. The number of rotatable bonds is 4. The number of nitrogens with zero attached hydrogens (tertiary/aromatic N) is 1. The Hall–Kier alpha value is -1.35. The van der Waals surface area contributed by atoms with Crippen molar-refractivity contribution in [2.45, 2.75) is 26.3 Å². The number of aromatic nitrogens is 2. The van der Waals surface area contributed by atoms with E-state index in [0.29, 0.717) is 6.04 Å². The first-order chi connectivity index (χ1) is 7.33. The van der Waals surface area contributed by atoms with Crippen LogP contribution >= 0.6 is 0 Å². The van der Waals surface area contributed by atoms with Crippen molar-refractivity contribution in [3.05, 3.63) is 30.1 Å². The number of hydrogen-bond donors (Lipinski definition) is 2. The second kappa shape index (κ2) is 4.45. The number of fused-ring (bicyclic) bond motifs is 1. The van der Waals surface area contributed by atoms with Crippen molar-refractivity contribution in [1.29, 1.82) is 0 Å². The fraction of sp³-hybridized carbons (Fsp3) is 0.417. The molecule has 0 radical (unpaired) electrons. The lowest BCUT2D eigenvalue weighted by molar-refractivity contribution is 0.574. The Morgan fingerprint density at radius 1 is 1.53 bits per heavy atom. The van der Waals surface area contributed by atoms with Gasteiger partial charge in [0, 0.05) is 23.8 Å². The van der Waals surface area contributed by atoms with Gasteiger partial charge in [0.25, 0.3) is 0 Å². The quantitative estimate of drug-likeness (QED) is 0.802. The fourth-order valence-corrected chi connectivity index (χ4v) is 1.81. The Morgan fingerprint density at radius 2 is 2.40 bits per heavy atom. The molecule has 2 N–H and O–H groups in total. The first-order valence-electron chi connectivity index (χ1n) is 5.48. The number of H-pyrrole nitrogens is 1. The van der Waals surface area contributed by atoms with Crippen LogP contribution in [0.15, 0.2) is 24.5 Å². The van der Waals surface area contributed by atoms with E-state index >= 15 is 0 Å². The monoisotopic (exact) mass is 203 g/mol. The minimum Gasteiger partial charge on any atom is -0.346 e. The van der Waals surface area contributed by atoms with E-state index in [2.05, 4.69) is 35.2 Å². The Labute approximate surface area is 89.9 Å². The van der Waals surface area contributed by atoms with Crippen molar-refractivity contribution in [2.24, 2.45) is 0 Å². The maximum absolute atomic E-state index is 4.28. The molecule has 80 valence electrons. The SMILES string of the molecule is CCCNC(C)c1c[nH]c2ncccc12. The van der Waals surface area contributed by atoms with E-state index in [1.54, 1.807) is 0 Å². The van der Waals surface area contributed by atoms with Crippen LogP contribution < -0.4 is 5.32 Å². The van der Waals surface area contributed by atoms with Gasteiger partial charge in [0.05, 0.1) is 0 Å². The van der Waals surface area contributed by atoms with Gasteiger partial charge >= 0.3 is 0 Å². The molecular weight excluding hydrogens is 186 g/mol. The second-order valence-electron chi connectivity index (χ2n) is 3.82. The van der Waals surface area contributed by atoms with E-state index in [0.717, 1.165) is 18.6 Å². The van der Waals surface area contributed by atoms with Crippen LogP contribution in [0.25, 0.3) is 11.0 Å². The Balaban J connectivity index is 2.27. The van der Waals surface area contributed by atoms with Gasteiger partial charge in [0.2, 0.25) is 0 Å². The van der Waals surface area contributed by atoms with E-state index in [-0.39, 0.29) is 0 Å². The van der Waals surface area contributed by atoms with Gasteiger partial charge in [-0.05, 0) is 37.6 Å². The molecule has 0 amide bonds. The molecule has 0 aliphatic rings. The van der Waals surface area contributed by atoms with E-state index in [1.165, 1.54) is 10.9 Å². The predicted octanol–water partition coefficient (Wildman–Crippen LogP) is 2.62. The third-order valence-electron chi connectivity index (χ3n) is 2.65. The fourth-order valence-electron chi connectivity index (χ4n) is 1.81. The molecule has 1 atom stereocenters. The summed E-state index contributed by atoms with van der Waals surface area (Å²) in [6.07, 6.45) is 5.02. The Kier molecular flexibility index (Phi) is 3.02.